The number of likely N-dealkylation sites (N-methyl/N-ethyl adjacent to an activating group) is 1. The third-order valence-corrected chi connectivity index (χ3v) is 18.9. The van der Waals surface area contributed by atoms with Crippen LogP contribution in [0.4, 0.5) is 0 Å². The molecule has 0 saturated carbocycles. The summed E-state index contributed by atoms with van der Waals surface area (Å²) in [5, 5.41) is 3.09. The largest absolute Gasteiger partial charge is 0.472 e. The van der Waals surface area contributed by atoms with E-state index < -0.39 is 20.0 Å². The van der Waals surface area contributed by atoms with Crippen LogP contribution in [-0.4, -0.2) is 74.3 Å². The minimum atomic E-state index is -4.45. The van der Waals surface area contributed by atoms with Gasteiger partial charge in [0, 0.05) is 12.8 Å². The van der Waals surface area contributed by atoms with E-state index in [0.717, 1.165) is 57.8 Å². The van der Waals surface area contributed by atoms with Crippen molar-refractivity contribution in [2.75, 3.05) is 40.9 Å². The van der Waals surface area contributed by atoms with Crippen LogP contribution in [-0.2, 0) is 27.9 Å². The molecule has 0 heterocycles. The van der Waals surface area contributed by atoms with Gasteiger partial charge in [-0.05, 0) is 57.4 Å². The normalized spacial score (nSPS) is 13.5. The molecule has 3 atom stereocenters. The van der Waals surface area contributed by atoms with E-state index in [-0.39, 0.29) is 25.1 Å². The highest BCUT2D eigenvalue weighted by Gasteiger charge is 2.30. The fraction of sp³-hybridized carbons (Fsp3) is 0.922. The number of esters is 1. The summed E-state index contributed by atoms with van der Waals surface area (Å²) in [6, 6.07) is -0.844. The monoisotopic (exact) mass is 1250 g/mol. The highest BCUT2D eigenvalue weighted by atomic mass is 31.2. The molecule has 0 rings (SSSR count). The quantitative estimate of drug-likeness (QED) is 0.0205. The molecule has 0 aliphatic heterocycles. The summed E-state index contributed by atoms with van der Waals surface area (Å²) in [6.07, 6.45) is 83.5. The number of hydrogen-bond donors (Lipinski definition) is 2. The van der Waals surface area contributed by atoms with Crippen molar-refractivity contribution in [2.24, 2.45) is 0 Å². The van der Waals surface area contributed by atoms with Gasteiger partial charge >= 0.3 is 13.8 Å². The predicted molar refractivity (Wildman–Crippen MR) is 379 cm³/mol. The van der Waals surface area contributed by atoms with Gasteiger partial charge in [0.05, 0.1) is 33.8 Å². The number of nitrogens with one attached hydrogen (secondary N) is 1. The fourth-order valence-corrected chi connectivity index (χ4v) is 12.7. The minimum Gasteiger partial charge on any atom is -0.456 e. The fourth-order valence-electron chi connectivity index (χ4n) is 11.9. The van der Waals surface area contributed by atoms with E-state index in [9.17, 15) is 19.0 Å². The molecule has 0 saturated heterocycles. The van der Waals surface area contributed by atoms with Gasteiger partial charge < -0.3 is 19.4 Å². The molecule has 0 fully saturated rings. The smallest absolute Gasteiger partial charge is 0.456 e. The third kappa shape index (κ3) is 68.7. The van der Waals surface area contributed by atoms with Gasteiger partial charge in [0.15, 0.2) is 0 Å². The van der Waals surface area contributed by atoms with Crippen LogP contribution in [0.5, 0.6) is 0 Å². The van der Waals surface area contributed by atoms with Gasteiger partial charge in [0.2, 0.25) is 5.91 Å². The van der Waals surface area contributed by atoms with Crippen LogP contribution in [0, 0.1) is 0 Å². The number of hydrogen-bond acceptors (Lipinski definition) is 6. The molecule has 3 unspecified atom stereocenters. The van der Waals surface area contributed by atoms with Crippen molar-refractivity contribution in [3.05, 3.63) is 24.3 Å². The number of unbranched alkanes of at least 4 members (excludes halogenated alkanes) is 54. The second-order valence-electron chi connectivity index (χ2n) is 27.9. The van der Waals surface area contributed by atoms with Crippen molar-refractivity contribution in [3.63, 3.8) is 0 Å². The topological polar surface area (TPSA) is 111 Å². The molecule has 0 spiro atoms. The highest BCUT2D eigenvalue weighted by molar-refractivity contribution is 7.47. The first-order valence-electron chi connectivity index (χ1n) is 38.7. The molecule has 0 aromatic rings. The van der Waals surface area contributed by atoms with Gasteiger partial charge in [0.25, 0.3) is 0 Å². The van der Waals surface area contributed by atoms with Gasteiger partial charge in [-0.1, -0.05) is 360 Å². The Hall–Kier alpha value is -1.51. The number of ether oxygens (including phenoxy) is 1. The molecular formula is C77H152N2O7P+. The van der Waals surface area contributed by atoms with E-state index in [1.807, 2.05) is 27.2 Å². The Morgan fingerprint density at radius 1 is 0.391 bits per heavy atom. The Morgan fingerprint density at radius 2 is 0.667 bits per heavy atom. The van der Waals surface area contributed by atoms with E-state index in [0.29, 0.717) is 23.9 Å². The maximum Gasteiger partial charge on any atom is 0.472 e. The van der Waals surface area contributed by atoms with E-state index in [2.05, 4.69) is 44.3 Å². The van der Waals surface area contributed by atoms with E-state index in [4.69, 9.17) is 13.8 Å². The maximum absolute atomic E-state index is 13.7. The van der Waals surface area contributed by atoms with Gasteiger partial charge in [-0.25, -0.2) is 4.57 Å². The lowest BCUT2D eigenvalue weighted by Crippen LogP contribution is -2.47. The summed E-state index contributed by atoms with van der Waals surface area (Å²) < 4.78 is 30.9. The molecule has 0 bridgehead atoms. The number of amides is 1. The van der Waals surface area contributed by atoms with Crippen LogP contribution < -0.4 is 5.32 Å². The standard InChI is InChI=1S/C77H151N2O7P/c1-7-10-13-16-19-22-25-28-30-32-34-36-38-39-41-42-44-46-48-51-54-57-60-63-66-69-76(80)78-74(73-85-87(82,83)84-72-71-79(4,5)6)75(68-65-62-59-56-53-50-27-24-21-18-15-12-9-3)86-77(81)70-67-64-61-58-55-52-49-47-45-43-40-37-35-33-31-29-26-23-20-17-14-11-8-2/h28,30,65,68,74-75H,7-27,29,31-64,66-67,69-73H2,1-6H3,(H-,78,80,82,83)/p+1/b30-28+,68-65+. The van der Waals surface area contributed by atoms with Gasteiger partial charge in [-0.15, -0.1) is 0 Å². The van der Waals surface area contributed by atoms with Crippen molar-refractivity contribution in [1.82, 2.24) is 5.32 Å². The summed E-state index contributed by atoms with van der Waals surface area (Å²) in [5.41, 5.74) is 0. The Labute approximate surface area is 543 Å². The predicted octanol–water partition coefficient (Wildman–Crippen LogP) is 24.8. The second kappa shape index (κ2) is 67.4. The number of carbonyl (C=O) groups is 2. The molecule has 87 heavy (non-hydrogen) atoms. The molecule has 9 nitrogen and oxygen atoms in total. The zero-order valence-corrected chi connectivity index (χ0v) is 60.2. The molecule has 10 heteroatoms. The number of phosphoric ester groups is 1. The number of quaternary nitrogens is 1. The lowest BCUT2D eigenvalue weighted by molar-refractivity contribution is -0.870. The summed E-state index contributed by atoms with van der Waals surface area (Å²) in [5.74, 6) is -0.477. The number of allylic oxidation sites excluding steroid dienone is 3. The van der Waals surface area contributed by atoms with Crippen molar-refractivity contribution in [3.8, 4) is 0 Å². The van der Waals surface area contributed by atoms with Crippen LogP contribution in [0.1, 0.15) is 406 Å². The summed E-state index contributed by atoms with van der Waals surface area (Å²) in [4.78, 5) is 38.0. The van der Waals surface area contributed by atoms with E-state index in [1.165, 1.54) is 315 Å². The lowest BCUT2D eigenvalue weighted by atomic mass is 10.0. The molecule has 0 aromatic heterocycles. The van der Waals surface area contributed by atoms with Crippen LogP contribution in [0.2, 0.25) is 0 Å². The first kappa shape index (κ1) is 85.5. The Bertz CT molecular complexity index is 1530. The number of phosphoric acid groups is 1. The zero-order chi connectivity index (χ0) is 63.5. The second-order valence-corrected chi connectivity index (χ2v) is 29.3. The van der Waals surface area contributed by atoms with Crippen LogP contribution in [0.15, 0.2) is 24.3 Å². The summed E-state index contributed by atoms with van der Waals surface area (Å²) in [6.45, 7) is 7.10. The Balaban J connectivity index is 4.97. The Kier molecular flexibility index (Phi) is 66.2. The van der Waals surface area contributed by atoms with Crippen molar-refractivity contribution >= 4 is 19.7 Å². The van der Waals surface area contributed by atoms with Gasteiger partial charge in [0.1, 0.15) is 19.3 Å². The highest BCUT2D eigenvalue weighted by Crippen LogP contribution is 2.43. The average Bonchev–Trinajstić information content (AvgIpc) is 3.70. The minimum absolute atomic E-state index is 0.0449. The first-order valence-corrected chi connectivity index (χ1v) is 40.2. The van der Waals surface area contributed by atoms with Gasteiger partial charge in [-0.3, -0.25) is 18.6 Å². The average molecular weight is 1250 g/mol. The maximum atomic E-state index is 13.7. The first-order chi connectivity index (χ1) is 42.4. The molecule has 0 aliphatic rings. The zero-order valence-electron chi connectivity index (χ0n) is 59.3. The summed E-state index contributed by atoms with van der Waals surface area (Å²) >= 11 is 0. The number of rotatable bonds is 72. The Morgan fingerprint density at radius 3 is 0.977 bits per heavy atom. The molecule has 1 amide bonds. The van der Waals surface area contributed by atoms with Crippen LogP contribution >= 0.6 is 7.82 Å². The van der Waals surface area contributed by atoms with Crippen LogP contribution in [0.25, 0.3) is 0 Å². The lowest BCUT2D eigenvalue weighted by Gasteiger charge is -2.27. The van der Waals surface area contributed by atoms with E-state index in [1.54, 1.807) is 0 Å². The van der Waals surface area contributed by atoms with Crippen LogP contribution in [0.3, 0.4) is 0 Å². The van der Waals surface area contributed by atoms with Crippen molar-refractivity contribution in [1.29, 1.82) is 0 Å². The molecule has 2 N–H and O–H groups in total. The number of carbonyl (C=O) groups excluding carboxylic acids is 2. The number of nitrogens with zero attached hydrogens (tertiary/aromatic N) is 1. The molecular weight excluding hydrogens is 1100 g/mol. The van der Waals surface area contributed by atoms with Crippen molar-refractivity contribution < 1.29 is 37.3 Å². The van der Waals surface area contributed by atoms with Crippen molar-refractivity contribution in [2.45, 2.75) is 418 Å². The molecule has 0 aliphatic carbocycles. The molecule has 516 valence electrons. The van der Waals surface area contributed by atoms with Gasteiger partial charge in [-0.2, -0.15) is 0 Å². The third-order valence-electron chi connectivity index (χ3n) is 17.9. The molecule has 0 radical (unpaired) electrons. The molecule has 0 aromatic carbocycles. The summed E-state index contributed by atoms with van der Waals surface area (Å²) in [7, 11) is 1.52. The van der Waals surface area contributed by atoms with E-state index >= 15 is 0 Å². The SMILES string of the molecule is CCCCCCCC/C=C/CCCCCCCCCCCCCCCCCC(=O)NC(COP(=O)(O)OCC[N+](C)(C)C)C(/C=C/CCCCCCCCCCCCC)OC(=O)CCCCCCCCCCCCCCCCCCCCCCCCC.